The van der Waals surface area contributed by atoms with Crippen molar-refractivity contribution < 1.29 is 9.13 Å². The Morgan fingerprint density at radius 1 is 1.42 bits per heavy atom. The molecule has 0 radical (unpaired) electrons. The molecule has 6 heteroatoms. The molecular formula is C13H13ClFN3O. The molecule has 4 nitrogen and oxygen atoms in total. The molecule has 19 heavy (non-hydrogen) atoms. The second-order valence-electron chi connectivity index (χ2n) is 4.39. The molecule has 0 saturated carbocycles. The number of aromatic nitrogens is 2. The summed E-state index contributed by atoms with van der Waals surface area (Å²) in [6.45, 7) is 2.12. The minimum Gasteiger partial charge on any atom is -0.378 e. The van der Waals surface area contributed by atoms with Crippen LogP contribution < -0.4 is 5.32 Å². The van der Waals surface area contributed by atoms with Gasteiger partial charge in [-0.1, -0.05) is 11.6 Å². The second kappa shape index (κ2) is 5.28. The molecule has 1 atom stereocenters. The first-order chi connectivity index (χ1) is 9.24. The second-order valence-corrected chi connectivity index (χ2v) is 4.80. The minimum absolute atomic E-state index is 0.0680. The van der Waals surface area contributed by atoms with E-state index in [0.29, 0.717) is 6.61 Å². The summed E-state index contributed by atoms with van der Waals surface area (Å²) in [5, 5.41) is 3.42. The fourth-order valence-corrected chi connectivity index (χ4v) is 2.25. The number of ether oxygens (including phenoxy) is 1. The Labute approximate surface area is 115 Å². The molecule has 1 fully saturated rings. The van der Waals surface area contributed by atoms with Gasteiger partial charge in [-0.3, -0.25) is 0 Å². The largest absolute Gasteiger partial charge is 0.378 e. The lowest BCUT2D eigenvalue weighted by molar-refractivity contribution is 0.0745. The van der Waals surface area contributed by atoms with Gasteiger partial charge in [0.1, 0.15) is 11.6 Å². The molecule has 2 heterocycles. The first-order valence-electron chi connectivity index (χ1n) is 6.05. The molecule has 1 saturated heterocycles. The smallest absolute Gasteiger partial charge is 0.141 e. The number of halogens is 2. The van der Waals surface area contributed by atoms with Crippen LogP contribution in [0.1, 0.15) is 11.9 Å². The summed E-state index contributed by atoms with van der Waals surface area (Å²) in [6.07, 6.45) is 1.72. The zero-order valence-electron chi connectivity index (χ0n) is 10.1. The average molecular weight is 282 g/mol. The van der Waals surface area contributed by atoms with E-state index in [4.69, 9.17) is 16.3 Å². The normalized spacial score (nSPS) is 19.6. The van der Waals surface area contributed by atoms with Crippen LogP contribution >= 0.6 is 11.6 Å². The predicted molar refractivity (Wildman–Crippen MR) is 70.6 cm³/mol. The van der Waals surface area contributed by atoms with Gasteiger partial charge in [0.25, 0.3) is 0 Å². The van der Waals surface area contributed by atoms with E-state index in [-0.39, 0.29) is 11.1 Å². The number of nitrogens with one attached hydrogen (secondary N) is 2. The molecular weight excluding hydrogens is 269 g/mol. The van der Waals surface area contributed by atoms with Crippen LogP contribution in [0, 0.1) is 5.82 Å². The molecule has 0 bridgehead atoms. The van der Waals surface area contributed by atoms with Crippen LogP contribution in [-0.2, 0) is 4.74 Å². The first-order valence-corrected chi connectivity index (χ1v) is 6.43. The van der Waals surface area contributed by atoms with Crippen LogP contribution in [0.4, 0.5) is 4.39 Å². The number of rotatable bonds is 2. The van der Waals surface area contributed by atoms with Gasteiger partial charge in [-0.15, -0.1) is 0 Å². The SMILES string of the molecule is Fc1ccc(-c2cnc(C3COCCN3)[nH]2)cc1Cl. The molecule has 2 aromatic rings. The van der Waals surface area contributed by atoms with Gasteiger partial charge in [0, 0.05) is 12.1 Å². The van der Waals surface area contributed by atoms with Crippen molar-refractivity contribution in [2.24, 2.45) is 0 Å². The summed E-state index contributed by atoms with van der Waals surface area (Å²) in [7, 11) is 0. The van der Waals surface area contributed by atoms with Crippen LogP contribution in [0.25, 0.3) is 11.3 Å². The summed E-state index contributed by atoms with van der Waals surface area (Å²) in [5.74, 6) is 0.391. The molecule has 0 spiro atoms. The summed E-state index contributed by atoms with van der Waals surface area (Å²) in [6, 6.07) is 4.67. The summed E-state index contributed by atoms with van der Waals surface area (Å²) in [5.41, 5.74) is 1.62. The van der Waals surface area contributed by atoms with Gasteiger partial charge >= 0.3 is 0 Å². The highest BCUT2D eigenvalue weighted by atomic mass is 35.5. The van der Waals surface area contributed by atoms with Gasteiger partial charge in [-0.2, -0.15) is 0 Å². The Balaban J connectivity index is 1.85. The molecule has 100 valence electrons. The third-order valence-corrected chi connectivity index (χ3v) is 3.37. The standard InChI is InChI=1S/C13H13ClFN3O/c14-9-5-8(1-2-10(9)15)11-6-17-13(18-11)12-7-19-4-3-16-12/h1-2,5-6,12,16H,3-4,7H2,(H,17,18). The van der Waals surface area contributed by atoms with Gasteiger partial charge in [0.15, 0.2) is 0 Å². The molecule has 1 aliphatic rings. The molecule has 3 rings (SSSR count). The lowest BCUT2D eigenvalue weighted by Crippen LogP contribution is -2.35. The molecule has 0 amide bonds. The number of hydrogen-bond donors (Lipinski definition) is 2. The van der Waals surface area contributed by atoms with Crippen LogP contribution in [0.15, 0.2) is 24.4 Å². The highest BCUT2D eigenvalue weighted by molar-refractivity contribution is 6.31. The van der Waals surface area contributed by atoms with Crippen molar-refractivity contribution in [3.8, 4) is 11.3 Å². The molecule has 2 N–H and O–H groups in total. The molecule has 0 aliphatic carbocycles. The number of imidazole rings is 1. The van der Waals surface area contributed by atoms with Crippen molar-refractivity contribution in [2.45, 2.75) is 6.04 Å². The highest BCUT2D eigenvalue weighted by Crippen LogP contribution is 2.24. The van der Waals surface area contributed by atoms with E-state index in [1.165, 1.54) is 6.07 Å². The molecule has 1 unspecified atom stereocenters. The average Bonchev–Trinajstić information content (AvgIpc) is 2.93. The zero-order valence-corrected chi connectivity index (χ0v) is 10.9. The monoisotopic (exact) mass is 281 g/mol. The molecule has 1 aliphatic heterocycles. The van der Waals surface area contributed by atoms with Crippen LogP contribution in [0.2, 0.25) is 5.02 Å². The van der Waals surface area contributed by atoms with E-state index < -0.39 is 5.82 Å². The number of hydrogen-bond acceptors (Lipinski definition) is 3. The van der Waals surface area contributed by atoms with E-state index in [9.17, 15) is 4.39 Å². The topological polar surface area (TPSA) is 49.9 Å². The Bertz CT molecular complexity index is 581. The van der Waals surface area contributed by atoms with Crippen LogP contribution in [0.3, 0.4) is 0 Å². The van der Waals surface area contributed by atoms with Gasteiger partial charge in [-0.05, 0) is 18.2 Å². The fourth-order valence-electron chi connectivity index (χ4n) is 2.07. The predicted octanol–water partition coefficient (Wildman–Crippen LogP) is 2.53. The number of morpholine rings is 1. The van der Waals surface area contributed by atoms with Gasteiger partial charge in [-0.25, -0.2) is 9.37 Å². The molecule has 1 aromatic heterocycles. The number of aromatic amines is 1. The van der Waals surface area contributed by atoms with E-state index in [1.807, 2.05) is 0 Å². The number of H-pyrrole nitrogens is 1. The van der Waals surface area contributed by atoms with Crippen molar-refractivity contribution in [1.29, 1.82) is 0 Å². The van der Waals surface area contributed by atoms with Crippen molar-refractivity contribution in [1.82, 2.24) is 15.3 Å². The lowest BCUT2D eigenvalue weighted by Gasteiger charge is -2.21. The van der Waals surface area contributed by atoms with Crippen LogP contribution in [0.5, 0.6) is 0 Å². The van der Waals surface area contributed by atoms with E-state index >= 15 is 0 Å². The Hall–Kier alpha value is -1.43. The van der Waals surface area contributed by atoms with Gasteiger partial charge in [0.2, 0.25) is 0 Å². The van der Waals surface area contributed by atoms with E-state index in [1.54, 1.807) is 18.3 Å². The van der Waals surface area contributed by atoms with Crippen molar-refractivity contribution >= 4 is 11.6 Å². The van der Waals surface area contributed by atoms with E-state index in [0.717, 1.165) is 30.2 Å². The quantitative estimate of drug-likeness (QED) is 0.889. The maximum Gasteiger partial charge on any atom is 0.141 e. The van der Waals surface area contributed by atoms with Crippen molar-refractivity contribution in [3.63, 3.8) is 0 Å². The van der Waals surface area contributed by atoms with Gasteiger partial charge in [0.05, 0.1) is 36.2 Å². The minimum atomic E-state index is -0.424. The van der Waals surface area contributed by atoms with E-state index in [2.05, 4.69) is 15.3 Å². The zero-order chi connectivity index (χ0) is 13.2. The fraction of sp³-hybridized carbons (Fsp3) is 0.308. The van der Waals surface area contributed by atoms with Gasteiger partial charge < -0.3 is 15.0 Å². The summed E-state index contributed by atoms with van der Waals surface area (Å²) >= 11 is 5.78. The Morgan fingerprint density at radius 3 is 3.05 bits per heavy atom. The Kier molecular flexibility index (Phi) is 3.50. The number of benzene rings is 1. The third kappa shape index (κ3) is 2.63. The summed E-state index contributed by atoms with van der Waals surface area (Å²) in [4.78, 5) is 7.54. The Morgan fingerprint density at radius 2 is 2.32 bits per heavy atom. The number of nitrogens with zero attached hydrogens (tertiary/aromatic N) is 1. The first kappa shape index (κ1) is 12.6. The van der Waals surface area contributed by atoms with Crippen LogP contribution in [-0.4, -0.2) is 29.7 Å². The summed E-state index contributed by atoms with van der Waals surface area (Å²) < 4.78 is 18.5. The van der Waals surface area contributed by atoms with Crippen molar-refractivity contribution in [2.75, 3.05) is 19.8 Å². The highest BCUT2D eigenvalue weighted by Gasteiger charge is 2.18. The van der Waals surface area contributed by atoms with Crippen molar-refractivity contribution in [3.05, 3.63) is 41.1 Å². The third-order valence-electron chi connectivity index (χ3n) is 3.08. The molecule has 1 aromatic carbocycles. The lowest BCUT2D eigenvalue weighted by atomic mass is 10.2. The maximum absolute atomic E-state index is 13.1. The maximum atomic E-state index is 13.1.